The summed E-state index contributed by atoms with van der Waals surface area (Å²) in [7, 11) is 0. The van der Waals surface area contributed by atoms with Crippen LogP contribution >= 0.6 is 6.55 Å². The molecule has 0 aliphatic carbocycles. The third kappa shape index (κ3) is 10.1. The summed E-state index contributed by atoms with van der Waals surface area (Å²) in [5.41, 5.74) is 0. The zero-order chi connectivity index (χ0) is 2.71. The van der Waals surface area contributed by atoms with Gasteiger partial charge in [-0.05, 0) is 0 Å². The molecule has 0 atom stereocenters. The van der Waals surface area contributed by atoms with Crippen LogP contribution in [0.15, 0.2) is 0 Å². The summed E-state index contributed by atoms with van der Waals surface area (Å²) in [6.07, 6.45) is 0. The van der Waals surface area contributed by atoms with Crippen molar-refractivity contribution in [2.24, 2.45) is 0 Å². The first kappa shape index (κ1) is 9.03. The van der Waals surface area contributed by atoms with Crippen LogP contribution in [0.5, 0.6) is 0 Å². The molecular weight excluding hydrogens is 194 g/mol. The molecule has 0 N–H and O–H groups in total. The first-order valence-corrected chi connectivity index (χ1v) is 3.79. The van der Waals surface area contributed by atoms with Gasteiger partial charge in [-0.1, -0.05) is 0 Å². The van der Waals surface area contributed by atoms with Gasteiger partial charge in [0.25, 0.3) is 0 Å². The quantitative estimate of drug-likeness (QED) is 0.410. The molecule has 0 aromatic rings. The van der Waals surface area contributed by atoms with Gasteiger partial charge in [0.15, 0.2) is 0 Å². The third-order valence-electron chi connectivity index (χ3n) is 0. The molecule has 22 valence electrons. The SMILES string of the molecule is O=[P][Mo].[V]. The van der Waals surface area contributed by atoms with Crippen LogP contribution in [0.3, 0.4) is 0 Å². The third-order valence-corrected chi connectivity index (χ3v) is 0. The molecule has 0 saturated carbocycles. The normalized spacial score (nSPS) is 5.00. The largest absolute Gasteiger partial charge is 0 e. The summed E-state index contributed by atoms with van der Waals surface area (Å²) < 4.78 is 8.91. The number of rotatable bonds is 0. The van der Waals surface area contributed by atoms with Crippen LogP contribution in [-0.4, -0.2) is 0 Å². The maximum atomic E-state index is 8.91. The van der Waals surface area contributed by atoms with E-state index >= 15 is 0 Å². The number of hydrogen-bond donors (Lipinski definition) is 0. The molecule has 0 aliphatic rings. The summed E-state index contributed by atoms with van der Waals surface area (Å²) in [6.45, 7) is 0.177. The van der Waals surface area contributed by atoms with Crippen molar-refractivity contribution < 1.29 is 42.4 Å². The van der Waals surface area contributed by atoms with Crippen molar-refractivity contribution in [3.05, 3.63) is 0 Å². The minimum atomic E-state index is 0. The molecule has 0 fully saturated rings. The summed E-state index contributed by atoms with van der Waals surface area (Å²) >= 11 is 1.49. The van der Waals surface area contributed by atoms with E-state index < -0.39 is 0 Å². The second kappa shape index (κ2) is 8.84. The van der Waals surface area contributed by atoms with Gasteiger partial charge in [-0.2, -0.15) is 0 Å². The van der Waals surface area contributed by atoms with Gasteiger partial charge in [-0.25, -0.2) is 0 Å². The second-order valence-electron chi connectivity index (χ2n) is 0.0745. The Hall–Kier alpha value is 1.37. The Morgan fingerprint density at radius 2 is 1.75 bits per heavy atom. The topological polar surface area (TPSA) is 17.1 Å². The van der Waals surface area contributed by atoms with Gasteiger partial charge in [-0.15, -0.1) is 0 Å². The fraction of sp³-hybridized carbons (Fsp3) is 0. The summed E-state index contributed by atoms with van der Waals surface area (Å²) in [6, 6.07) is 0. The van der Waals surface area contributed by atoms with E-state index in [9.17, 15) is 0 Å². The van der Waals surface area contributed by atoms with Crippen LogP contribution in [0.1, 0.15) is 0 Å². The van der Waals surface area contributed by atoms with Gasteiger partial charge in [-0.3, -0.25) is 0 Å². The fourth-order valence-electron chi connectivity index (χ4n) is 0. The molecule has 0 saturated heterocycles. The van der Waals surface area contributed by atoms with Crippen LogP contribution < -0.4 is 0 Å². The molecule has 0 unspecified atom stereocenters. The molecule has 0 rings (SSSR count). The maximum absolute atomic E-state index is 8.91. The van der Waals surface area contributed by atoms with E-state index in [0.717, 1.165) is 0 Å². The summed E-state index contributed by atoms with van der Waals surface area (Å²) in [5, 5.41) is 0. The van der Waals surface area contributed by atoms with Crippen molar-refractivity contribution >= 4 is 6.55 Å². The Morgan fingerprint density at radius 3 is 1.75 bits per heavy atom. The van der Waals surface area contributed by atoms with E-state index in [-0.39, 0.29) is 25.1 Å². The Kier molecular flexibility index (Phi) is 19.9. The van der Waals surface area contributed by atoms with Gasteiger partial charge >= 0.3 is 30.4 Å². The Labute approximate surface area is 49.0 Å². The molecule has 0 bridgehead atoms. The average molecular weight is 194 g/mol. The zero-order valence-electron chi connectivity index (χ0n) is 1.71. The first-order chi connectivity index (χ1) is 1.41. The average Bonchev–Trinajstić information content (AvgIpc) is 0.918. The Balaban J connectivity index is 0. The maximum Gasteiger partial charge on any atom is 0 e. The molecule has 1 radical (unpaired) electrons. The minimum absolute atomic E-state index is 0. The predicted octanol–water partition coefficient (Wildman–Crippen LogP) is 0.737. The van der Waals surface area contributed by atoms with Gasteiger partial charge in [0, 0.05) is 18.6 Å². The second-order valence-corrected chi connectivity index (χ2v) is 1.32. The predicted molar refractivity (Wildman–Crippen MR) is 7.61 cm³/mol. The van der Waals surface area contributed by atoms with E-state index in [1.807, 2.05) is 0 Å². The smallest absolute Gasteiger partial charge is 0 e. The monoisotopic (exact) mass is 196 g/mol. The molecular formula is MoOPV. The van der Waals surface area contributed by atoms with Crippen molar-refractivity contribution in [3.8, 4) is 0 Å². The van der Waals surface area contributed by atoms with E-state index in [1.165, 1.54) is 19.3 Å². The molecule has 4 heavy (non-hydrogen) atoms. The van der Waals surface area contributed by atoms with Gasteiger partial charge < -0.3 is 0 Å². The molecule has 0 heterocycles. The Bertz CT molecular complexity index is 15.5. The van der Waals surface area contributed by atoms with Crippen molar-refractivity contribution in [1.29, 1.82) is 0 Å². The summed E-state index contributed by atoms with van der Waals surface area (Å²) in [4.78, 5) is 0. The molecule has 0 amide bonds. The van der Waals surface area contributed by atoms with E-state index in [4.69, 9.17) is 4.57 Å². The van der Waals surface area contributed by atoms with Gasteiger partial charge in [0.1, 0.15) is 0 Å². The van der Waals surface area contributed by atoms with E-state index in [2.05, 4.69) is 0 Å². The standard InChI is InChI=1S/Mo.OP.V/c;1-2;/q+1;-1;. The zero-order valence-corrected chi connectivity index (χ0v) is 6.01. The van der Waals surface area contributed by atoms with E-state index in [1.54, 1.807) is 0 Å². The molecule has 1 nitrogen and oxygen atoms in total. The van der Waals surface area contributed by atoms with Gasteiger partial charge in [0.2, 0.25) is 0 Å². The van der Waals surface area contributed by atoms with Crippen LogP contribution in [0.25, 0.3) is 0 Å². The van der Waals surface area contributed by atoms with Crippen LogP contribution in [0.2, 0.25) is 0 Å². The van der Waals surface area contributed by atoms with Crippen molar-refractivity contribution in [1.82, 2.24) is 0 Å². The van der Waals surface area contributed by atoms with Crippen molar-refractivity contribution in [2.75, 3.05) is 0 Å². The molecule has 0 spiro atoms. The first-order valence-electron chi connectivity index (χ1n) is 0.365. The van der Waals surface area contributed by atoms with Crippen molar-refractivity contribution in [2.45, 2.75) is 0 Å². The van der Waals surface area contributed by atoms with Crippen LogP contribution in [0, 0.1) is 0 Å². The number of hydrogen-bond acceptors (Lipinski definition) is 1. The van der Waals surface area contributed by atoms with Crippen LogP contribution in [-0.2, 0) is 42.4 Å². The fourth-order valence-corrected chi connectivity index (χ4v) is 0. The molecule has 4 heteroatoms. The van der Waals surface area contributed by atoms with Crippen molar-refractivity contribution in [3.63, 3.8) is 0 Å². The summed E-state index contributed by atoms with van der Waals surface area (Å²) in [5.74, 6) is 0. The van der Waals surface area contributed by atoms with E-state index in [0.29, 0.717) is 0 Å². The minimum Gasteiger partial charge on any atom is 0 e. The van der Waals surface area contributed by atoms with Crippen LogP contribution in [0.4, 0.5) is 0 Å². The Morgan fingerprint density at radius 1 is 1.75 bits per heavy atom. The molecule has 0 aromatic heterocycles. The van der Waals surface area contributed by atoms with Gasteiger partial charge in [0.05, 0.1) is 0 Å². The molecule has 0 aliphatic heterocycles. The molecule has 0 aromatic carbocycles.